The molecule has 0 unspecified atom stereocenters. The van der Waals surface area contributed by atoms with Gasteiger partial charge in [0.2, 0.25) is 5.91 Å². The number of nitrogens with zero attached hydrogens (tertiary/aromatic N) is 4. The Hall–Kier alpha value is -2.96. The highest BCUT2D eigenvalue weighted by atomic mass is 16.2. The summed E-state index contributed by atoms with van der Waals surface area (Å²) in [7, 11) is 0. The van der Waals surface area contributed by atoms with Gasteiger partial charge in [-0.1, -0.05) is 18.2 Å². The molecule has 0 bridgehead atoms. The van der Waals surface area contributed by atoms with E-state index in [4.69, 9.17) is 0 Å². The van der Waals surface area contributed by atoms with E-state index in [0.717, 1.165) is 23.7 Å². The molecule has 4 rings (SSSR count). The van der Waals surface area contributed by atoms with Crippen molar-refractivity contribution in [3.05, 3.63) is 42.2 Å². The van der Waals surface area contributed by atoms with Crippen molar-refractivity contribution in [1.82, 2.24) is 19.6 Å². The van der Waals surface area contributed by atoms with Crippen molar-refractivity contribution < 1.29 is 9.59 Å². The standard InChI is InChI=1S/C18H19N5O2/c1-2-23-19-9-16(21-23)20-17(24)11-22-10-14(18(25)12-7-8-12)13-5-3-4-6-15(13)22/h3-6,9-10,12H,2,7-8,11H2,1H3,(H,20,21,24). The number of benzene rings is 1. The first-order valence-corrected chi connectivity index (χ1v) is 8.47. The van der Waals surface area contributed by atoms with Crippen molar-refractivity contribution in [2.24, 2.45) is 5.92 Å². The lowest BCUT2D eigenvalue weighted by Gasteiger charge is -2.05. The van der Waals surface area contributed by atoms with Crippen LogP contribution in [0.1, 0.15) is 30.1 Å². The number of nitrogens with one attached hydrogen (secondary N) is 1. The number of para-hydroxylation sites is 1. The number of amides is 1. The maximum absolute atomic E-state index is 12.5. The Balaban J connectivity index is 1.58. The zero-order valence-electron chi connectivity index (χ0n) is 14.0. The summed E-state index contributed by atoms with van der Waals surface area (Å²) in [6, 6.07) is 7.69. The van der Waals surface area contributed by atoms with Crippen molar-refractivity contribution in [2.75, 3.05) is 5.32 Å². The van der Waals surface area contributed by atoms with Crippen molar-refractivity contribution in [1.29, 1.82) is 0 Å². The maximum atomic E-state index is 12.5. The molecular formula is C18H19N5O2. The number of hydrogen-bond acceptors (Lipinski definition) is 4. The molecule has 2 aromatic heterocycles. The number of aryl methyl sites for hydroxylation is 1. The van der Waals surface area contributed by atoms with Crippen LogP contribution in [-0.2, 0) is 17.9 Å². The van der Waals surface area contributed by atoms with E-state index < -0.39 is 0 Å². The Morgan fingerprint density at radius 3 is 2.80 bits per heavy atom. The van der Waals surface area contributed by atoms with E-state index in [2.05, 4.69) is 15.5 Å². The van der Waals surface area contributed by atoms with Crippen LogP contribution in [0.15, 0.2) is 36.7 Å². The number of hydrogen-bond donors (Lipinski definition) is 1. The van der Waals surface area contributed by atoms with Crippen LogP contribution in [0.2, 0.25) is 0 Å². The average Bonchev–Trinajstić information content (AvgIpc) is 3.28. The van der Waals surface area contributed by atoms with Gasteiger partial charge in [0.25, 0.3) is 0 Å². The minimum Gasteiger partial charge on any atom is -0.337 e. The van der Waals surface area contributed by atoms with E-state index in [0.29, 0.717) is 17.9 Å². The molecule has 1 saturated carbocycles. The Morgan fingerprint density at radius 1 is 1.28 bits per heavy atom. The van der Waals surface area contributed by atoms with Crippen molar-refractivity contribution in [3.63, 3.8) is 0 Å². The van der Waals surface area contributed by atoms with Crippen LogP contribution in [-0.4, -0.2) is 31.3 Å². The molecule has 0 atom stereocenters. The smallest absolute Gasteiger partial charge is 0.245 e. The van der Waals surface area contributed by atoms with E-state index in [1.165, 1.54) is 11.0 Å². The lowest BCUT2D eigenvalue weighted by atomic mass is 10.1. The van der Waals surface area contributed by atoms with Gasteiger partial charge in [-0.25, -0.2) is 0 Å². The quantitative estimate of drug-likeness (QED) is 0.701. The monoisotopic (exact) mass is 337 g/mol. The van der Waals surface area contributed by atoms with Gasteiger partial charge in [-0.15, -0.1) is 5.10 Å². The van der Waals surface area contributed by atoms with Crippen molar-refractivity contribution in [2.45, 2.75) is 32.9 Å². The summed E-state index contributed by atoms with van der Waals surface area (Å²) in [6.07, 6.45) is 5.25. The van der Waals surface area contributed by atoms with E-state index in [1.807, 2.05) is 35.8 Å². The molecule has 25 heavy (non-hydrogen) atoms. The molecule has 0 radical (unpaired) electrons. The minimum atomic E-state index is -0.200. The zero-order valence-corrected chi connectivity index (χ0v) is 14.0. The largest absolute Gasteiger partial charge is 0.337 e. The van der Waals surface area contributed by atoms with Crippen LogP contribution in [0.3, 0.4) is 0 Å². The van der Waals surface area contributed by atoms with E-state index >= 15 is 0 Å². The lowest BCUT2D eigenvalue weighted by molar-refractivity contribution is -0.116. The number of carbonyl (C=O) groups excluding carboxylic acids is 2. The van der Waals surface area contributed by atoms with Crippen LogP contribution >= 0.6 is 0 Å². The highest BCUT2D eigenvalue weighted by molar-refractivity contribution is 6.10. The summed E-state index contributed by atoms with van der Waals surface area (Å²) in [5.74, 6) is 0.560. The van der Waals surface area contributed by atoms with Gasteiger partial charge in [0.05, 0.1) is 12.7 Å². The molecule has 7 heteroatoms. The first-order valence-electron chi connectivity index (χ1n) is 8.47. The Kier molecular flexibility index (Phi) is 3.83. The van der Waals surface area contributed by atoms with Gasteiger partial charge in [0.1, 0.15) is 6.54 Å². The zero-order chi connectivity index (χ0) is 17.4. The first kappa shape index (κ1) is 15.6. The number of Topliss-reactive ketones (excluding diaryl/α,β-unsaturated/α-hetero) is 1. The topological polar surface area (TPSA) is 81.8 Å². The van der Waals surface area contributed by atoms with E-state index in [9.17, 15) is 9.59 Å². The number of carbonyl (C=O) groups is 2. The highest BCUT2D eigenvalue weighted by Crippen LogP contribution is 2.35. The van der Waals surface area contributed by atoms with Gasteiger partial charge < -0.3 is 9.88 Å². The molecular weight excluding hydrogens is 318 g/mol. The molecule has 128 valence electrons. The molecule has 7 nitrogen and oxygen atoms in total. The van der Waals surface area contributed by atoms with Gasteiger partial charge in [-0.3, -0.25) is 9.59 Å². The van der Waals surface area contributed by atoms with E-state index in [-0.39, 0.29) is 24.2 Å². The van der Waals surface area contributed by atoms with Crippen LogP contribution in [0.5, 0.6) is 0 Å². The fraction of sp³-hybridized carbons (Fsp3) is 0.333. The normalized spacial score (nSPS) is 14.0. The fourth-order valence-corrected chi connectivity index (χ4v) is 2.98. The second-order valence-electron chi connectivity index (χ2n) is 6.29. The van der Waals surface area contributed by atoms with Gasteiger partial charge in [-0.2, -0.15) is 9.90 Å². The van der Waals surface area contributed by atoms with Gasteiger partial charge >= 0.3 is 0 Å². The van der Waals surface area contributed by atoms with Crippen LogP contribution in [0, 0.1) is 5.92 Å². The first-order chi connectivity index (χ1) is 12.2. The Morgan fingerprint density at radius 2 is 2.08 bits per heavy atom. The summed E-state index contributed by atoms with van der Waals surface area (Å²) >= 11 is 0. The second kappa shape index (κ2) is 6.16. The van der Waals surface area contributed by atoms with Crippen molar-refractivity contribution >= 4 is 28.4 Å². The molecule has 1 aliphatic carbocycles. The third kappa shape index (κ3) is 3.05. The van der Waals surface area contributed by atoms with Gasteiger partial charge in [-0.05, 0) is 25.8 Å². The summed E-state index contributed by atoms with van der Waals surface area (Å²) in [5.41, 5.74) is 1.60. The summed E-state index contributed by atoms with van der Waals surface area (Å²) in [5, 5.41) is 11.8. The highest BCUT2D eigenvalue weighted by Gasteiger charge is 2.32. The number of rotatable bonds is 6. The number of anilines is 1. The lowest BCUT2D eigenvalue weighted by Crippen LogP contribution is -2.18. The average molecular weight is 337 g/mol. The SMILES string of the molecule is CCn1ncc(NC(=O)Cn2cc(C(=O)C3CC3)c3ccccc32)n1. The maximum Gasteiger partial charge on any atom is 0.245 e. The molecule has 0 aliphatic heterocycles. The van der Waals surface area contributed by atoms with Crippen LogP contribution < -0.4 is 5.32 Å². The molecule has 1 amide bonds. The Bertz CT molecular complexity index is 951. The summed E-state index contributed by atoms with van der Waals surface area (Å²) in [6.45, 7) is 2.69. The van der Waals surface area contributed by atoms with Gasteiger partial charge in [0, 0.05) is 28.6 Å². The fourth-order valence-electron chi connectivity index (χ4n) is 2.98. The molecule has 1 aliphatic rings. The van der Waals surface area contributed by atoms with Crippen molar-refractivity contribution in [3.8, 4) is 0 Å². The van der Waals surface area contributed by atoms with Gasteiger partial charge in [0.15, 0.2) is 11.6 Å². The predicted molar refractivity (Wildman–Crippen MR) is 93.3 cm³/mol. The third-order valence-corrected chi connectivity index (χ3v) is 4.40. The second-order valence-corrected chi connectivity index (χ2v) is 6.29. The molecule has 0 spiro atoms. The molecule has 1 aromatic carbocycles. The number of fused-ring (bicyclic) bond motifs is 1. The molecule has 0 saturated heterocycles. The number of ketones is 1. The summed E-state index contributed by atoms with van der Waals surface area (Å²) < 4.78 is 1.82. The molecule has 3 aromatic rings. The Labute approximate surface area is 144 Å². The van der Waals surface area contributed by atoms with E-state index in [1.54, 1.807) is 6.20 Å². The summed E-state index contributed by atoms with van der Waals surface area (Å²) in [4.78, 5) is 26.4. The van der Waals surface area contributed by atoms with Crippen LogP contribution in [0.25, 0.3) is 10.9 Å². The number of aromatic nitrogens is 4. The molecule has 1 fully saturated rings. The third-order valence-electron chi connectivity index (χ3n) is 4.40. The minimum absolute atomic E-state index is 0.122. The predicted octanol–water partition coefficient (Wildman–Crippen LogP) is 2.48. The molecule has 1 N–H and O–H groups in total. The molecule has 2 heterocycles. The van der Waals surface area contributed by atoms with Crippen LogP contribution in [0.4, 0.5) is 5.82 Å².